The van der Waals surface area contributed by atoms with Crippen LogP contribution in [0, 0.1) is 0 Å². The van der Waals surface area contributed by atoms with Gasteiger partial charge in [0.25, 0.3) is 0 Å². The molecule has 2 aromatic rings. The quantitative estimate of drug-likeness (QED) is 0.766. The smallest absolute Gasteiger partial charge is 0.0465 e. The number of alkyl halides is 1. The van der Waals surface area contributed by atoms with Crippen LogP contribution in [-0.4, -0.2) is 10.8 Å². The van der Waals surface area contributed by atoms with E-state index in [4.69, 9.17) is 0 Å². The van der Waals surface area contributed by atoms with Crippen LogP contribution in [0.2, 0.25) is 0 Å². The van der Waals surface area contributed by atoms with Crippen molar-refractivity contribution in [3.63, 3.8) is 0 Å². The highest BCUT2D eigenvalue weighted by Gasteiger charge is 1.98. The molecule has 96 valence electrons. The average molecular weight is 371 g/mol. The maximum atomic E-state index is 4.11. The van der Waals surface area contributed by atoms with Crippen LogP contribution in [0.5, 0.6) is 0 Å². The molecule has 3 heteroatoms. The number of hydrogen-bond acceptors (Lipinski definition) is 0. The molecule has 0 fully saturated rings. The number of allylic oxidation sites excluding steroid dienone is 2. The standard InChI is InChI=1S/C14H14BrN.CH3Br/c1-3-4-5-6-13-10(2)12-9-11(15)7-8-14(12)16-13;1-2/h4-9,16H,2-3H2,1H3;1H3/b5-4-,13-6+;. The summed E-state index contributed by atoms with van der Waals surface area (Å²) in [7, 11) is 0. The molecule has 0 radical (unpaired) electrons. The van der Waals surface area contributed by atoms with E-state index in [1.54, 1.807) is 0 Å². The largest absolute Gasteiger partial charge is 0.355 e. The monoisotopic (exact) mass is 369 g/mol. The zero-order valence-electron chi connectivity index (χ0n) is 10.6. The third-order valence-electron chi connectivity index (χ3n) is 2.54. The fourth-order valence-electron chi connectivity index (χ4n) is 1.68. The van der Waals surface area contributed by atoms with E-state index in [2.05, 4.69) is 80.7 Å². The number of fused-ring (bicyclic) bond motifs is 1. The summed E-state index contributed by atoms with van der Waals surface area (Å²) in [5, 5.41) is 3.31. The zero-order valence-corrected chi connectivity index (χ0v) is 13.8. The van der Waals surface area contributed by atoms with Crippen molar-refractivity contribution in [2.45, 2.75) is 13.3 Å². The van der Waals surface area contributed by atoms with Gasteiger partial charge in [-0.25, -0.2) is 0 Å². The molecule has 0 spiro atoms. The molecule has 0 atom stereocenters. The first kappa shape index (κ1) is 15.3. The van der Waals surface area contributed by atoms with E-state index in [9.17, 15) is 0 Å². The van der Waals surface area contributed by atoms with E-state index in [-0.39, 0.29) is 0 Å². The highest BCUT2D eigenvalue weighted by Crippen LogP contribution is 2.14. The molecule has 1 nitrogen and oxygen atoms in total. The lowest BCUT2D eigenvalue weighted by Crippen LogP contribution is -2.20. The van der Waals surface area contributed by atoms with Crippen molar-refractivity contribution in [3.8, 4) is 0 Å². The number of benzene rings is 1. The van der Waals surface area contributed by atoms with Gasteiger partial charge in [-0.15, -0.1) is 0 Å². The van der Waals surface area contributed by atoms with Crippen molar-refractivity contribution < 1.29 is 0 Å². The number of nitrogens with one attached hydrogen (secondary N) is 1. The van der Waals surface area contributed by atoms with E-state index >= 15 is 0 Å². The number of rotatable bonds is 2. The van der Waals surface area contributed by atoms with Crippen LogP contribution in [-0.2, 0) is 0 Å². The molecule has 0 aliphatic carbocycles. The van der Waals surface area contributed by atoms with Crippen molar-refractivity contribution >= 4 is 55.4 Å². The summed E-state index contributed by atoms with van der Waals surface area (Å²) >= 11 is 6.41. The number of halogens is 2. The Hall–Kier alpha value is -0.800. The lowest BCUT2D eigenvalue weighted by atomic mass is 10.2. The second-order valence-electron chi connectivity index (χ2n) is 3.71. The van der Waals surface area contributed by atoms with Crippen molar-refractivity contribution in [2.24, 2.45) is 0 Å². The highest BCUT2D eigenvalue weighted by atomic mass is 79.9. The van der Waals surface area contributed by atoms with Crippen molar-refractivity contribution in [2.75, 3.05) is 5.83 Å². The van der Waals surface area contributed by atoms with Gasteiger partial charge in [0.05, 0.1) is 0 Å². The van der Waals surface area contributed by atoms with Gasteiger partial charge in [0.2, 0.25) is 0 Å². The highest BCUT2D eigenvalue weighted by molar-refractivity contribution is 9.10. The molecular formula is C15H17Br2N. The van der Waals surface area contributed by atoms with E-state index in [1.807, 2.05) is 11.9 Å². The van der Waals surface area contributed by atoms with Crippen LogP contribution < -0.4 is 10.6 Å². The summed E-state index contributed by atoms with van der Waals surface area (Å²) in [6, 6.07) is 6.19. The van der Waals surface area contributed by atoms with E-state index in [0.717, 1.165) is 27.0 Å². The maximum Gasteiger partial charge on any atom is 0.0465 e. The fraction of sp³-hybridized carbons (Fsp3) is 0.200. The SMILES string of the molecule is C=c1/c(=C\C=C/CC)[nH]c2ccc(Br)cc12.CBr. The predicted molar refractivity (Wildman–Crippen MR) is 89.5 cm³/mol. The lowest BCUT2D eigenvalue weighted by Gasteiger charge is -1.89. The van der Waals surface area contributed by atoms with Gasteiger partial charge in [0, 0.05) is 25.9 Å². The molecule has 18 heavy (non-hydrogen) atoms. The van der Waals surface area contributed by atoms with Gasteiger partial charge in [-0.2, -0.15) is 0 Å². The molecule has 0 aliphatic heterocycles. The van der Waals surface area contributed by atoms with E-state index in [0.29, 0.717) is 0 Å². The third kappa shape index (κ3) is 3.59. The van der Waals surface area contributed by atoms with Gasteiger partial charge in [-0.05, 0) is 36.5 Å². The molecule has 1 aromatic heterocycles. The molecule has 2 rings (SSSR count). The van der Waals surface area contributed by atoms with E-state index < -0.39 is 0 Å². The van der Waals surface area contributed by atoms with Gasteiger partial charge < -0.3 is 4.98 Å². The average Bonchev–Trinajstić information content (AvgIpc) is 2.70. The summed E-state index contributed by atoms with van der Waals surface area (Å²) < 4.78 is 1.08. The van der Waals surface area contributed by atoms with Gasteiger partial charge in [-0.1, -0.05) is 57.5 Å². The first-order valence-electron chi connectivity index (χ1n) is 5.73. The summed E-state index contributed by atoms with van der Waals surface area (Å²) in [5.41, 5.74) is 1.13. The number of aromatic nitrogens is 1. The number of hydrogen-bond donors (Lipinski definition) is 1. The first-order chi connectivity index (χ1) is 8.72. The van der Waals surface area contributed by atoms with Crippen LogP contribution in [0.15, 0.2) is 34.8 Å². The number of aromatic amines is 1. The van der Waals surface area contributed by atoms with Crippen LogP contribution in [0.4, 0.5) is 0 Å². The summed E-state index contributed by atoms with van der Waals surface area (Å²) in [6.45, 7) is 6.23. The molecule has 0 bridgehead atoms. The second kappa shape index (κ2) is 7.59. The Kier molecular flexibility index (Phi) is 6.44. The van der Waals surface area contributed by atoms with Crippen LogP contribution in [0.1, 0.15) is 13.3 Å². The Labute approximate surface area is 125 Å². The zero-order chi connectivity index (χ0) is 13.5. The third-order valence-corrected chi connectivity index (χ3v) is 3.03. The van der Waals surface area contributed by atoms with Gasteiger partial charge in [-0.3, -0.25) is 0 Å². The Morgan fingerprint density at radius 3 is 2.72 bits per heavy atom. The molecule has 1 aromatic carbocycles. The minimum Gasteiger partial charge on any atom is -0.355 e. The lowest BCUT2D eigenvalue weighted by molar-refractivity contribution is 1.23. The normalized spacial score (nSPS) is 11.9. The summed E-state index contributed by atoms with van der Waals surface area (Å²) in [4.78, 5) is 3.36. The van der Waals surface area contributed by atoms with Crippen molar-refractivity contribution in [1.29, 1.82) is 0 Å². The predicted octanol–water partition coefficient (Wildman–Crippen LogP) is 4.10. The van der Waals surface area contributed by atoms with Crippen molar-refractivity contribution in [3.05, 3.63) is 45.4 Å². The molecule has 0 saturated heterocycles. The summed E-state index contributed by atoms with van der Waals surface area (Å²) in [6.07, 6.45) is 7.31. The van der Waals surface area contributed by atoms with Crippen LogP contribution >= 0.6 is 31.9 Å². The first-order valence-corrected chi connectivity index (χ1v) is 8.11. The Balaban J connectivity index is 0.000000771. The molecule has 1 N–H and O–H groups in total. The van der Waals surface area contributed by atoms with Crippen LogP contribution in [0.3, 0.4) is 0 Å². The number of H-pyrrole nitrogens is 1. The molecule has 0 saturated carbocycles. The van der Waals surface area contributed by atoms with Crippen LogP contribution in [0.25, 0.3) is 23.6 Å². The Morgan fingerprint density at radius 1 is 1.33 bits per heavy atom. The molecular weight excluding hydrogens is 354 g/mol. The second-order valence-corrected chi connectivity index (χ2v) is 4.63. The van der Waals surface area contributed by atoms with E-state index in [1.165, 1.54) is 5.39 Å². The molecule has 0 unspecified atom stereocenters. The van der Waals surface area contributed by atoms with Gasteiger partial charge in [0.15, 0.2) is 0 Å². The topological polar surface area (TPSA) is 15.8 Å². The van der Waals surface area contributed by atoms with Gasteiger partial charge >= 0.3 is 0 Å². The minimum atomic E-state index is 1.05. The molecule has 1 heterocycles. The molecule has 0 amide bonds. The fourth-order valence-corrected chi connectivity index (χ4v) is 2.04. The Morgan fingerprint density at radius 2 is 2.06 bits per heavy atom. The van der Waals surface area contributed by atoms with Crippen molar-refractivity contribution in [1.82, 2.24) is 4.98 Å². The minimum absolute atomic E-state index is 1.05. The maximum absolute atomic E-state index is 4.11. The molecule has 0 aliphatic rings. The summed E-state index contributed by atoms with van der Waals surface area (Å²) in [5.74, 6) is 1.81. The van der Waals surface area contributed by atoms with Gasteiger partial charge in [0.1, 0.15) is 0 Å². The Bertz CT molecular complexity index is 638.